The molecule has 1 aliphatic rings. The first kappa shape index (κ1) is 53.5. The minimum Gasteiger partial charge on any atom is -0.481 e. The number of rotatable bonds is 27. The van der Waals surface area contributed by atoms with Gasteiger partial charge in [0.1, 0.15) is 48.3 Å². The Hall–Kier alpha value is -4.54. The SMILES string of the molecule is CC[C@H](C)[C@H](NC(=O)[C@@H]1CCCN1C(=O)[C@H](CC(C)C)NC(=O)[C@H](CCC(=O)O)NC(=O)[C@H](CO)NC(=O)[C@@H](NC(=O)[C@@H](N)CO)C(C)C)C(=O)N[C@@H](CCSC)C(=O)O. The van der Waals surface area contributed by atoms with Gasteiger partial charge in [0.05, 0.1) is 13.2 Å². The third-order valence-corrected chi connectivity index (χ3v) is 10.7. The zero-order chi connectivity index (χ0) is 45.9. The summed E-state index contributed by atoms with van der Waals surface area (Å²) < 4.78 is 0. The summed E-state index contributed by atoms with van der Waals surface area (Å²) in [6.45, 7) is 8.70. The molecule has 0 radical (unpaired) electrons. The van der Waals surface area contributed by atoms with E-state index in [4.69, 9.17) is 5.73 Å². The summed E-state index contributed by atoms with van der Waals surface area (Å²) in [5.41, 5.74) is 5.53. The van der Waals surface area contributed by atoms with Crippen molar-refractivity contribution in [2.45, 2.75) is 135 Å². The van der Waals surface area contributed by atoms with Crippen molar-refractivity contribution >= 4 is 65.1 Å². The normalized spacial score (nSPS) is 17.9. The maximum Gasteiger partial charge on any atom is 0.326 e. The average Bonchev–Trinajstić information content (AvgIpc) is 3.69. The molecule has 9 atom stereocenters. The van der Waals surface area contributed by atoms with Crippen molar-refractivity contribution in [3.05, 3.63) is 0 Å². The number of carbonyl (C=O) groups excluding carboxylic acids is 7. The molecule has 1 fully saturated rings. The number of aliphatic carboxylic acids is 2. The average molecular weight is 875 g/mol. The topological polar surface area (TPSA) is 336 Å². The lowest BCUT2D eigenvalue weighted by Crippen LogP contribution is -2.61. The molecule has 1 aliphatic heterocycles. The van der Waals surface area contributed by atoms with E-state index in [-0.39, 0.29) is 31.7 Å². The molecule has 0 unspecified atom stereocenters. The number of carboxylic acids is 2. The fourth-order valence-electron chi connectivity index (χ4n) is 6.32. The van der Waals surface area contributed by atoms with Gasteiger partial charge in [0.25, 0.3) is 0 Å². The highest BCUT2D eigenvalue weighted by molar-refractivity contribution is 7.98. The molecule has 21 nitrogen and oxygen atoms in total. The summed E-state index contributed by atoms with van der Waals surface area (Å²) in [6.07, 6.45) is 2.06. The maximum absolute atomic E-state index is 14.2. The lowest BCUT2D eigenvalue weighted by Gasteiger charge is -2.32. The van der Waals surface area contributed by atoms with Gasteiger partial charge in [0, 0.05) is 13.0 Å². The summed E-state index contributed by atoms with van der Waals surface area (Å²) in [5, 5.41) is 53.1. The highest BCUT2D eigenvalue weighted by Crippen LogP contribution is 2.22. The van der Waals surface area contributed by atoms with Crippen LogP contribution in [-0.4, -0.2) is 159 Å². The number of nitrogens with one attached hydrogen (secondary N) is 6. The van der Waals surface area contributed by atoms with Crippen LogP contribution >= 0.6 is 11.8 Å². The van der Waals surface area contributed by atoms with E-state index >= 15 is 0 Å². The molecule has 1 saturated heterocycles. The van der Waals surface area contributed by atoms with Crippen LogP contribution in [0, 0.1) is 17.8 Å². The molecule has 60 heavy (non-hydrogen) atoms. The molecular weight excluding hydrogens is 809 g/mol. The van der Waals surface area contributed by atoms with Crippen molar-refractivity contribution in [1.82, 2.24) is 36.8 Å². The van der Waals surface area contributed by atoms with Gasteiger partial charge in [-0.05, 0) is 61.9 Å². The minimum absolute atomic E-state index is 0.0666. The minimum atomic E-state index is -1.68. The lowest BCUT2D eigenvalue weighted by molar-refractivity contribution is -0.144. The van der Waals surface area contributed by atoms with Crippen LogP contribution < -0.4 is 37.6 Å². The van der Waals surface area contributed by atoms with Crippen LogP contribution in [-0.2, 0) is 43.2 Å². The number of hydrogen-bond donors (Lipinski definition) is 11. The van der Waals surface area contributed by atoms with Crippen molar-refractivity contribution < 1.29 is 63.6 Å². The van der Waals surface area contributed by atoms with Gasteiger partial charge in [-0.15, -0.1) is 0 Å². The molecule has 0 saturated carbocycles. The second-order valence-electron chi connectivity index (χ2n) is 15.7. The zero-order valence-corrected chi connectivity index (χ0v) is 36.3. The Balaban J connectivity index is 3.30. The number of amides is 7. The molecule has 1 rings (SSSR count). The van der Waals surface area contributed by atoms with Crippen LogP contribution in [0.25, 0.3) is 0 Å². The van der Waals surface area contributed by atoms with E-state index in [1.807, 2.05) is 0 Å². The van der Waals surface area contributed by atoms with Crippen LogP contribution in [0.4, 0.5) is 0 Å². The Labute approximate surface area is 354 Å². The fourth-order valence-corrected chi connectivity index (χ4v) is 6.79. The number of thioether (sulfide) groups is 1. The molecule has 0 aromatic carbocycles. The highest BCUT2D eigenvalue weighted by Gasteiger charge is 2.41. The first-order valence-corrected chi connectivity index (χ1v) is 21.6. The Morgan fingerprint density at radius 1 is 0.717 bits per heavy atom. The van der Waals surface area contributed by atoms with Crippen LogP contribution in [0.1, 0.15) is 86.5 Å². The first-order valence-electron chi connectivity index (χ1n) is 20.2. The number of aliphatic hydroxyl groups excluding tert-OH is 2. The fraction of sp³-hybridized carbons (Fsp3) is 0.763. The van der Waals surface area contributed by atoms with E-state index in [1.54, 1.807) is 47.8 Å². The molecule has 342 valence electrons. The quantitative estimate of drug-likeness (QED) is 0.0412. The molecule has 0 spiro atoms. The summed E-state index contributed by atoms with van der Waals surface area (Å²) in [5.74, 6) is -8.96. The highest BCUT2D eigenvalue weighted by atomic mass is 32.2. The zero-order valence-electron chi connectivity index (χ0n) is 35.5. The maximum atomic E-state index is 14.2. The number of nitrogens with two attached hydrogens (primary N) is 1. The molecule has 7 amide bonds. The van der Waals surface area contributed by atoms with E-state index in [9.17, 15) is 63.6 Å². The Morgan fingerprint density at radius 2 is 1.28 bits per heavy atom. The van der Waals surface area contributed by atoms with Crippen molar-refractivity contribution in [1.29, 1.82) is 0 Å². The number of hydrogen-bond acceptors (Lipinski definition) is 13. The number of likely N-dealkylation sites (tertiary alicyclic amines) is 1. The van der Waals surface area contributed by atoms with Gasteiger partial charge in [-0.1, -0.05) is 48.0 Å². The van der Waals surface area contributed by atoms with Gasteiger partial charge < -0.3 is 63.0 Å². The van der Waals surface area contributed by atoms with E-state index in [2.05, 4.69) is 31.9 Å². The molecule has 1 heterocycles. The predicted octanol–water partition coefficient (Wildman–Crippen LogP) is -2.35. The van der Waals surface area contributed by atoms with Crippen LogP contribution in [0.15, 0.2) is 0 Å². The summed E-state index contributed by atoms with van der Waals surface area (Å²) in [7, 11) is 0. The monoisotopic (exact) mass is 874 g/mol. The molecule has 0 bridgehead atoms. The number of carbonyl (C=O) groups is 9. The molecular formula is C38H66N8O13S. The summed E-state index contributed by atoms with van der Waals surface area (Å²) in [4.78, 5) is 119. The molecule has 0 aromatic rings. The van der Waals surface area contributed by atoms with E-state index in [1.165, 1.54) is 16.7 Å². The smallest absolute Gasteiger partial charge is 0.326 e. The summed E-state index contributed by atoms with van der Waals surface area (Å²) in [6, 6.07) is -10.4. The van der Waals surface area contributed by atoms with Crippen LogP contribution in [0.2, 0.25) is 0 Å². The third-order valence-electron chi connectivity index (χ3n) is 10.1. The van der Waals surface area contributed by atoms with Crippen molar-refractivity contribution in [3.8, 4) is 0 Å². The Morgan fingerprint density at radius 3 is 1.80 bits per heavy atom. The second kappa shape index (κ2) is 26.6. The van der Waals surface area contributed by atoms with E-state index in [0.29, 0.717) is 18.6 Å². The number of carboxylic acid groups (broad SMARTS) is 2. The van der Waals surface area contributed by atoms with Gasteiger partial charge in [0.15, 0.2) is 0 Å². The number of aliphatic hydroxyl groups is 2. The molecule has 12 N–H and O–H groups in total. The Bertz CT molecular complexity index is 1500. The van der Waals surface area contributed by atoms with Gasteiger partial charge in [-0.3, -0.25) is 38.4 Å². The van der Waals surface area contributed by atoms with Crippen molar-refractivity contribution in [3.63, 3.8) is 0 Å². The van der Waals surface area contributed by atoms with Gasteiger partial charge in [-0.2, -0.15) is 11.8 Å². The van der Waals surface area contributed by atoms with E-state index in [0.717, 1.165) is 0 Å². The molecule has 22 heteroatoms. The third kappa shape index (κ3) is 17.2. The standard InChI is InChI=1S/C38H66N8O13S/c1-8-21(6)30(36(56)41-24(38(58)59)13-15-60-7)45-34(54)27-10-9-14-46(27)37(57)25(16-19(2)3)42-32(52)23(11-12-28(49)50)40-33(53)26(18-48)43-35(55)29(20(4)5)44-31(51)22(39)17-47/h19-27,29-30,47-48H,8-18,39H2,1-7H3,(H,40,53)(H,41,56)(H,42,52)(H,43,55)(H,44,51)(H,45,54)(H,49,50)(H,58,59)/t21-,22-,23-,24-,25-,26-,27-,29-,30-/m0/s1. The molecule has 0 aliphatic carbocycles. The van der Waals surface area contributed by atoms with Crippen molar-refractivity contribution in [2.75, 3.05) is 31.8 Å². The van der Waals surface area contributed by atoms with E-state index < -0.39 is 140 Å². The summed E-state index contributed by atoms with van der Waals surface area (Å²) >= 11 is 1.42. The predicted molar refractivity (Wildman–Crippen MR) is 220 cm³/mol. The largest absolute Gasteiger partial charge is 0.481 e. The van der Waals surface area contributed by atoms with Gasteiger partial charge >= 0.3 is 11.9 Å². The van der Waals surface area contributed by atoms with Gasteiger partial charge in [0.2, 0.25) is 41.4 Å². The Kier molecular flexibility index (Phi) is 23.7. The first-order chi connectivity index (χ1) is 28.1. The number of nitrogens with zero attached hydrogens (tertiary/aromatic N) is 1. The second-order valence-corrected chi connectivity index (χ2v) is 16.7. The van der Waals surface area contributed by atoms with Crippen molar-refractivity contribution in [2.24, 2.45) is 23.5 Å². The van der Waals surface area contributed by atoms with Crippen LogP contribution in [0.5, 0.6) is 0 Å². The molecule has 0 aromatic heterocycles. The van der Waals surface area contributed by atoms with Gasteiger partial charge in [-0.25, -0.2) is 4.79 Å². The lowest BCUT2D eigenvalue weighted by atomic mass is 9.97. The van der Waals surface area contributed by atoms with Crippen LogP contribution in [0.3, 0.4) is 0 Å².